The predicted molar refractivity (Wildman–Crippen MR) is 49.0 cm³/mol. The minimum atomic E-state index is -1.30. The van der Waals surface area contributed by atoms with E-state index >= 15 is 0 Å². The molecular formula is C7H13NO3S. The van der Waals surface area contributed by atoms with E-state index in [0.29, 0.717) is 0 Å². The van der Waals surface area contributed by atoms with E-state index in [1.165, 1.54) is 6.08 Å². The summed E-state index contributed by atoms with van der Waals surface area (Å²) >= 11 is 3.83. The highest BCUT2D eigenvalue weighted by molar-refractivity contribution is 7.80. The van der Waals surface area contributed by atoms with Crippen molar-refractivity contribution in [1.29, 1.82) is 0 Å². The lowest BCUT2D eigenvalue weighted by molar-refractivity contribution is -0.152. The highest BCUT2D eigenvalue weighted by atomic mass is 32.1. The third-order valence-electron chi connectivity index (χ3n) is 1.20. The van der Waals surface area contributed by atoms with E-state index in [1.807, 2.05) is 0 Å². The summed E-state index contributed by atoms with van der Waals surface area (Å²) in [4.78, 5) is 10.9. The molecule has 0 saturated heterocycles. The van der Waals surface area contributed by atoms with Crippen LogP contribution in [0.5, 0.6) is 0 Å². The van der Waals surface area contributed by atoms with Crippen LogP contribution in [0.1, 0.15) is 0 Å². The van der Waals surface area contributed by atoms with Crippen molar-refractivity contribution in [2.45, 2.75) is 12.1 Å². The molecule has 0 aliphatic carbocycles. The maximum atomic E-state index is 10.9. The van der Waals surface area contributed by atoms with Crippen LogP contribution < -0.4 is 5.73 Å². The Morgan fingerprint density at radius 2 is 2.42 bits per heavy atom. The van der Waals surface area contributed by atoms with Gasteiger partial charge < -0.3 is 15.6 Å². The van der Waals surface area contributed by atoms with Crippen molar-refractivity contribution in [2.75, 3.05) is 12.4 Å². The fourth-order valence-corrected chi connectivity index (χ4v) is 0.701. The lowest BCUT2D eigenvalue weighted by Crippen LogP contribution is -2.42. The monoisotopic (exact) mass is 191 g/mol. The lowest BCUT2D eigenvalue weighted by Gasteiger charge is -2.14. The smallest absolute Gasteiger partial charge is 0.336 e. The molecule has 0 spiro atoms. The zero-order valence-electron chi connectivity index (χ0n) is 6.64. The number of ether oxygens (including phenoxy) is 1. The number of esters is 1. The first kappa shape index (κ1) is 11.5. The molecule has 0 aromatic heterocycles. The minimum absolute atomic E-state index is 0.0786. The van der Waals surface area contributed by atoms with E-state index in [9.17, 15) is 4.79 Å². The van der Waals surface area contributed by atoms with E-state index in [4.69, 9.17) is 10.8 Å². The molecule has 0 aliphatic heterocycles. The summed E-state index contributed by atoms with van der Waals surface area (Å²) in [6, 6.07) is -0.689. The Balaban J connectivity index is 3.83. The first-order valence-corrected chi connectivity index (χ1v) is 4.08. The minimum Gasteiger partial charge on any atom is -0.460 e. The number of rotatable bonds is 5. The highest BCUT2D eigenvalue weighted by Gasteiger charge is 2.22. The molecular weight excluding hydrogens is 178 g/mol. The standard InChI is InChI=1S/C7H13NO3S/c1-2-3-11-7(10)6(9)5(8)4-12/h2,5-6,9,12H,1,3-4,8H2/t5-,6+/m0/s1. The number of nitrogens with two attached hydrogens (primary N) is 1. The molecule has 0 radical (unpaired) electrons. The second-order valence-electron chi connectivity index (χ2n) is 2.21. The molecule has 0 saturated carbocycles. The Hall–Kier alpha value is -0.520. The number of aliphatic hydroxyl groups is 1. The highest BCUT2D eigenvalue weighted by Crippen LogP contribution is 1.96. The summed E-state index contributed by atoms with van der Waals surface area (Å²) in [6.07, 6.45) is 0.110. The van der Waals surface area contributed by atoms with Crippen LogP contribution >= 0.6 is 12.6 Å². The second-order valence-corrected chi connectivity index (χ2v) is 2.58. The van der Waals surface area contributed by atoms with E-state index in [1.54, 1.807) is 0 Å². The molecule has 0 unspecified atom stereocenters. The summed E-state index contributed by atoms with van der Waals surface area (Å²) in [7, 11) is 0. The molecule has 0 bridgehead atoms. The quantitative estimate of drug-likeness (QED) is 0.306. The first-order valence-electron chi connectivity index (χ1n) is 3.45. The van der Waals surface area contributed by atoms with Gasteiger partial charge in [-0.25, -0.2) is 4.79 Å². The van der Waals surface area contributed by atoms with E-state index in [-0.39, 0.29) is 12.4 Å². The van der Waals surface area contributed by atoms with Gasteiger partial charge in [-0.1, -0.05) is 12.7 Å². The SMILES string of the molecule is C=CCOC(=O)[C@H](O)[C@@H](N)CS. The average molecular weight is 191 g/mol. The lowest BCUT2D eigenvalue weighted by atomic mass is 10.2. The second kappa shape index (κ2) is 6.05. The van der Waals surface area contributed by atoms with Gasteiger partial charge in [0.05, 0.1) is 6.04 Å². The maximum Gasteiger partial charge on any atom is 0.336 e. The Kier molecular flexibility index (Phi) is 5.79. The Morgan fingerprint density at radius 3 is 2.83 bits per heavy atom. The van der Waals surface area contributed by atoms with Crippen molar-refractivity contribution in [3.05, 3.63) is 12.7 Å². The van der Waals surface area contributed by atoms with E-state index in [0.717, 1.165) is 0 Å². The first-order chi connectivity index (χ1) is 5.63. The molecule has 0 amide bonds. The van der Waals surface area contributed by atoms with Gasteiger partial charge in [-0.05, 0) is 0 Å². The molecule has 0 aliphatic rings. The molecule has 0 aromatic carbocycles. The zero-order chi connectivity index (χ0) is 9.56. The molecule has 4 nitrogen and oxygen atoms in total. The Labute approximate surface area is 76.8 Å². The third-order valence-corrected chi connectivity index (χ3v) is 1.62. The van der Waals surface area contributed by atoms with E-state index < -0.39 is 18.1 Å². The fraction of sp³-hybridized carbons (Fsp3) is 0.571. The van der Waals surface area contributed by atoms with Gasteiger partial charge in [-0.15, -0.1) is 0 Å². The molecule has 5 heteroatoms. The fourth-order valence-electron chi connectivity index (χ4n) is 0.501. The molecule has 0 heterocycles. The van der Waals surface area contributed by atoms with Crippen molar-refractivity contribution in [3.63, 3.8) is 0 Å². The molecule has 0 fully saturated rings. The van der Waals surface area contributed by atoms with Crippen LogP contribution in [0, 0.1) is 0 Å². The van der Waals surface area contributed by atoms with Crippen LogP contribution in [-0.2, 0) is 9.53 Å². The van der Waals surface area contributed by atoms with Gasteiger partial charge in [0.15, 0.2) is 6.10 Å². The predicted octanol–water partition coefficient (Wildman–Crippen LogP) is -0.666. The maximum absolute atomic E-state index is 10.9. The van der Waals surface area contributed by atoms with Crippen LogP contribution in [0.15, 0.2) is 12.7 Å². The van der Waals surface area contributed by atoms with Crippen LogP contribution in [0.4, 0.5) is 0 Å². The molecule has 2 atom stereocenters. The van der Waals surface area contributed by atoms with Gasteiger partial charge in [0, 0.05) is 5.75 Å². The Morgan fingerprint density at radius 1 is 1.83 bits per heavy atom. The summed E-state index contributed by atoms with van der Waals surface area (Å²) in [5, 5.41) is 9.13. The van der Waals surface area contributed by atoms with Gasteiger partial charge in [-0.3, -0.25) is 0 Å². The van der Waals surface area contributed by atoms with E-state index in [2.05, 4.69) is 23.9 Å². The largest absolute Gasteiger partial charge is 0.460 e. The third kappa shape index (κ3) is 3.75. The summed E-state index contributed by atoms with van der Waals surface area (Å²) in [5.74, 6) is -0.513. The number of hydrogen-bond donors (Lipinski definition) is 3. The van der Waals surface area contributed by atoms with Crippen molar-refractivity contribution in [1.82, 2.24) is 0 Å². The number of aliphatic hydroxyl groups excluding tert-OH is 1. The number of hydrogen-bond acceptors (Lipinski definition) is 5. The molecule has 70 valence electrons. The van der Waals surface area contributed by atoms with Gasteiger partial charge in [-0.2, -0.15) is 12.6 Å². The van der Waals surface area contributed by atoms with Gasteiger partial charge in [0.2, 0.25) is 0 Å². The van der Waals surface area contributed by atoms with Crippen LogP contribution in [0.25, 0.3) is 0 Å². The Bertz CT molecular complexity index is 163. The van der Waals surface area contributed by atoms with Crippen molar-refractivity contribution >= 4 is 18.6 Å². The van der Waals surface area contributed by atoms with Crippen molar-refractivity contribution in [3.8, 4) is 0 Å². The van der Waals surface area contributed by atoms with Gasteiger partial charge >= 0.3 is 5.97 Å². The normalized spacial score (nSPS) is 14.9. The van der Waals surface area contributed by atoms with Crippen molar-refractivity contribution in [2.24, 2.45) is 5.73 Å². The molecule has 0 aromatic rings. The van der Waals surface area contributed by atoms with Crippen LogP contribution in [0.2, 0.25) is 0 Å². The van der Waals surface area contributed by atoms with Gasteiger partial charge in [0.1, 0.15) is 6.61 Å². The topological polar surface area (TPSA) is 72.5 Å². The number of carbonyl (C=O) groups is 1. The molecule has 3 N–H and O–H groups in total. The van der Waals surface area contributed by atoms with Gasteiger partial charge in [0.25, 0.3) is 0 Å². The van der Waals surface area contributed by atoms with Crippen molar-refractivity contribution < 1.29 is 14.6 Å². The average Bonchev–Trinajstić information content (AvgIpc) is 2.11. The zero-order valence-corrected chi connectivity index (χ0v) is 7.54. The summed E-state index contributed by atoms with van der Waals surface area (Å²) < 4.78 is 4.55. The van der Waals surface area contributed by atoms with Crippen LogP contribution in [0.3, 0.4) is 0 Å². The molecule has 12 heavy (non-hydrogen) atoms. The van der Waals surface area contributed by atoms with Crippen LogP contribution in [-0.4, -0.2) is 35.6 Å². The number of carbonyl (C=O) groups excluding carboxylic acids is 1. The molecule has 0 rings (SSSR count). The summed E-state index contributed by atoms with van der Waals surface area (Å²) in [5.41, 5.74) is 5.34. The summed E-state index contributed by atoms with van der Waals surface area (Å²) in [6.45, 7) is 3.43. The number of thiol groups is 1.